The van der Waals surface area contributed by atoms with Crippen LogP contribution in [0.1, 0.15) is 29.8 Å². The molecule has 2 aromatic carbocycles. The van der Waals surface area contributed by atoms with Gasteiger partial charge in [0, 0.05) is 49.8 Å². The fraction of sp³-hybridized carbons (Fsp3) is 0.360. The summed E-state index contributed by atoms with van der Waals surface area (Å²) in [5, 5.41) is 0. The highest BCUT2D eigenvalue weighted by Gasteiger charge is 2.25. The van der Waals surface area contributed by atoms with Crippen molar-refractivity contribution in [3.8, 4) is 17.2 Å². The second-order valence-electron chi connectivity index (χ2n) is 7.74. The zero-order chi connectivity index (χ0) is 22.5. The Morgan fingerprint density at radius 3 is 2.31 bits per heavy atom. The van der Waals surface area contributed by atoms with Crippen LogP contribution >= 0.6 is 0 Å². The minimum Gasteiger partial charge on any atom is -0.490 e. The first-order valence-corrected chi connectivity index (χ1v) is 11.1. The molecule has 0 spiro atoms. The van der Waals surface area contributed by atoms with Crippen molar-refractivity contribution in [2.75, 3.05) is 44.3 Å². The van der Waals surface area contributed by atoms with E-state index < -0.39 is 0 Å². The van der Waals surface area contributed by atoms with Gasteiger partial charge in [0.05, 0.1) is 13.2 Å². The van der Waals surface area contributed by atoms with E-state index in [4.69, 9.17) is 9.47 Å². The maximum absolute atomic E-state index is 13.1. The van der Waals surface area contributed by atoms with Gasteiger partial charge < -0.3 is 19.3 Å². The summed E-state index contributed by atoms with van der Waals surface area (Å²) in [6.45, 7) is 9.72. The van der Waals surface area contributed by atoms with Crippen molar-refractivity contribution in [1.29, 1.82) is 0 Å². The van der Waals surface area contributed by atoms with Crippen LogP contribution in [0.2, 0.25) is 0 Å². The van der Waals surface area contributed by atoms with Gasteiger partial charge in [-0.25, -0.2) is 4.98 Å². The summed E-state index contributed by atoms with van der Waals surface area (Å²) in [6, 6.07) is 13.8. The van der Waals surface area contributed by atoms with Gasteiger partial charge in [0.25, 0.3) is 5.91 Å². The predicted molar refractivity (Wildman–Crippen MR) is 125 cm³/mol. The molecule has 0 unspecified atom stereocenters. The number of aryl methyl sites for hydroxylation is 1. The molecule has 1 aliphatic rings. The highest BCUT2D eigenvalue weighted by atomic mass is 16.5. The van der Waals surface area contributed by atoms with Gasteiger partial charge in [-0.05, 0) is 51.1 Å². The number of anilines is 1. The molecule has 0 bridgehead atoms. The number of amides is 1. The number of rotatable bonds is 7. The third-order valence-corrected chi connectivity index (χ3v) is 5.57. The van der Waals surface area contributed by atoms with E-state index in [9.17, 15) is 4.79 Å². The highest BCUT2D eigenvalue weighted by Crippen LogP contribution is 2.29. The van der Waals surface area contributed by atoms with Crippen LogP contribution < -0.4 is 14.4 Å². The summed E-state index contributed by atoms with van der Waals surface area (Å²) in [5.74, 6) is 2.19. The number of piperazine rings is 1. The Morgan fingerprint density at radius 1 is 0.938 bits per heavy atom. The van der Waals surface area contributed by atoms with Gasteiger partial charge in [-0.15, -0.1) is 0 Å². The lowest BCUT2D eigenvalue weighted by atomic mass is 10.1. The normalized spacial score (nSPS) is 13.8. The Balaban J connectivity index is 1.44. The minimum atomic E-state index is 0.00975. The average Bonchev–Trinajstić information content (AvgIpc) is 3.30. The number of ether oxygens (including phenoxy) is 2. The predicted octanol–water partition coefficient (Wildman–Crippen LogP) is 3.94. The molecular weight excluding hydrogens is 404 g/mol. The second-order valence-corrected chi connectivity index (χ2v) is 7.74. The first-order valence-electron chi connectivity index (χ1n) is 11.1. The molecule has 168 valence electrons. The number of hydrogen-bond acceptors (Lipinski definition) is 5. The number of imidazole rings is 1. The van der Waals surface area contributed by atoms with Crippen molar-refractivity contribution >= 4 is 11.9 Å². The summed E-state index contributed by atoms with van der Waals surface area (Å²) in [6.07, 6.45) is 3.80. The molecule has 0 N–H and O–H groups in total. The van der Waals surface area contributed by atoms with Gasteiger partial charge in [-0.3, -0.25) is 9.36 Å². The quantitative estimate of drug-likeness (QED) is 0.564. The molecular formula is C25H30N4O3. The minimum absolute atomic E-state index is 0.00975. The van der Waals surface area contributed by atoms with Crippen LogP contribution in [0.3, 0.4) is 0 Å². The molecule has 0 radical (unpaired) electrons. The van der Waals surface area contributed by atoms with Gasteiger partial charge in [-0.2, -0.15) is 0 Å². The lowest BCUT2D eigenvalue weighted by Crippen LogP contribution is -2.49. The molecule has 0 atom stereocenters. The molecule has 0 aliphatic carbocycles. The monoisotopic (exact) mass is 434 g/mol. The van der Waals surface area contributed by atoms with Crippen molar-refractivity contribution in [2.45, 2.75) is 20.8 Å². The molecule has 1 amide bonds. The number of benzene rings is 2. The summed E-state index contributed by atoms with van der Waals surface area (Å²) < 4.78 is 13.4. The Labute approximate surface area is 189 Å². The molecule has 0 saturated carbocycles. The van der Waals surface area contributed by atoms with Gasteiger partial charge in [-0.1, -0.05) is 17.7 Å². The van der Waals surface area contributed by atoms with E-state index in [1.165, 1.54) is 5.56 Å². The van der Waals surface area contributed by atoms with Crippen molar-refractivity contribution < 1.29 is 14.3 Å². The van der Waals surface area contributed by atoms with Crippen LogP contribution in [0.15, 0.2) is 54.9 Å². The summed E-state index contributed by atoms with van der Waals surface area (Å²) in [4.78, 5) is 21.8. The van der Waals surface area contributed by atoms with E-state index in [0.29, 0.717) is 43.4 Å². The number of aromatic nitrogens is 2. The molecule has 1 fully saturated rings. The van der Waals surface area contributed by atoms with Gasteiger partial charge >= 0.3 is 0 Å². The maximum Gasteiger partial charge on any atom is 0.254 e. The molecule has 4 rings (SSSR count). The fourth-order valence-electron chi connectivity index (χ4n) is 3.91. The molecule has 1 aliphatic heterocycles. The molecule has 7 nitrogen and oxygen atoms in total. The van der Waals surface area contributed by atoms with E-state index in [-0.39, 0.29) is 5.91 Å². The molecule has 3 aromatic rings. The number of carbonyl (C=O) groups is 1. The summed E-state index contributed by atoms with van der Waals surface area (Å²) in [7, 11) is 0. The van der Waals surface area contributed by atoms with Gasteiger partial charge in [0.15, 0.2) is 11.5 Å². The third-order valence-electron chi connectivity index (χ3n) is 5.57. The first kappa shape index (κ1) is 21.7. The van der Waals surface area contributed by atoms with E-state index in [2.05, 4.69) is 45.6 Å². The number of carbonyl (C=O) groups excluding carboxylic acids is 1. The van der Waals surface area contributed by atoms with Crippen LogP contribution in [0, 0.1) is 6.92 Å². The highest BCUT2D eigenvalue weighted by molar-refractivity contribution is 5.95. The third kappa shape index (κ3) is 4.56. The maximum atomic E-state index is 13.1. The van der Waals surface area contributed by atoms with Crippen LogP contribution in [-0.2, 0) is 0 Å². The van der Waals surface area contributed by atoms with Crippen LogP contribution in [0.5, 0.6) is 11.5 Å². The van der Waals surface area contributed by atoms with Crippen LogP contribution in [0.4, 0.5) is 5.95 Å². The zero-order valence-electron chi connectivity index (χ0n) is 19.0. The Morgan fingerprint density at radius 2 is 1.62 bits per heavy atom. The second kappa shape index (κ2) is 9.77. The van der Waals surface area contributed by atoms with E-state index in [1.54, 1.807) is 6.07 Å². The zero-order valence-corrected chi connectivity index (χ0v) is 19.0. The van der Waals surface area contributed by atoms with Gasteiger partial charge in [0.1, 0.15) is 0 Å². The Hall–Kier alpha value is -3.48. The molecule has 7 heteroatoms. The lowest BCUT2D eigenvalue weighted by Gasteiger charge is -2.35. The van der Waals surface area contributed by atoms with Crippen molar-refractivity contribution in [3.63, 3.8) is 0 Å². The van der Waals surface area contributed by atoms with Crippen molar-refractivity contribution in [1.82, 2.24) is 14.5 Å². The van der Waals surface area contributed by atoms with Crippen molar-refractivity contribution in [2.24, 2.45) is 0 Å². The Bertz CT molecular complexity index is 1050. The van der Waals surface area contributed by atoms with Crippen molar-refractivity contribution in [3.05, 3.63) is 66.0 Å². The standard InChI is InChI=1S/C25H30N4O3/c1-4-31-22-11-8-20(18-23(22)32-5-2)24(30)27-14-16-28(17-15-27)25-26-12-13-29(25)21-9-6-19(3)7-10-21/h6-13,18H,4-5,14-17H2,1-3H3. The largest absolute Gasteiger partial charge is 0.490 e. The van der Waals surface area contributed by atoms with Crippen LogP contribution in [0.25, 0.3) is 5.69 Å². The summed E-state index contributed by atoms with van der Waals surface area (Å²) in [5.41, 5.74) is 2.93. The number of nitrogens with zero attached hydrogens (tertiary/aromatic N) is 4. The average molecular weight is 435 g/mol. The van der Waals surface area contributed by atoms with E-state index in [0.717, 1.165) is 24.7 Å². The van der Waals surface area contributed by atoms with Gasteiger partial charge in [0.2, 0.25) is 5.95 Å². The number of hydrogen-bond donors (Lipinski definition) is 0. The lowest BCUT2D eigenvalue weighted by molar-refractivity contribution is 0.0745. The van der Waals surface area contributed by atoms with E-state index in [1.807, 2.05) is 43.3 Å². The molecule has 1 aromatic heterocycles. The van der Waals surface area contributed by atoms with Crippen LogP contribution in [-0.4, -0.2) is 59.8 Å². The first-order chi connectivity index (χ1) is 15.6. The Kier molecular flexibility index (Phi) is 6.63. The molecule has 2 heterocycles. The topological polar surface area (TPSA) is 59.8 Å². The fourth-order valence-corrected chi connectivity index (χ4v) is 3.91. The molecule has 1 saturated heterocycles. The SMILES string of the molecule is CCOc1ccc(C(=O)N2CCN(c3nccn3-c3ccc(C)cc3)CC2)cc1OCC. The summed E-state index contributed by atoms with van der Waals surface area (Å²) >= 11 is 0. The smallest absolute Gasteiger partial charge is 0.254 e. The van der Waals surface area contributed by atoms with E-state index >= 15 is 0 Å². The molecule has 32 heavy (non-hydrogen) atoms.